The highest BCUT2D eigenvalue weighted by molar-refractivity contribution is 7.89. The van der Waals surface area contributed by atoms with Crippen LogP contribution in [0.4, 0.5) is 5.13 Å². The van der Waals surface area contributed by atoms with Gasteiger partial charge in [-0.05, 0) is 79.8 Å². The molecule has 1 aliphatic heterocycles. The molecule has 4 aromatic rings. The summed E-state index contributed by atoms with van der Waals surface area (Å²) in [7, 11) is -3.58. The van der Waals surface area contributed by atoms with Gasteiger partial charge in [-0.1, -0.05) is 54.5 Å². The Morgan fingerprint density at radius 2 is 1.57 bits per heavy atom. The summed E-state index contributed by atoms with van der Waals surface area (Å²) in [5, 5.41) is 0.620. The van der Waals surface area contributed by atoms with E-state index in [0.29, 0.717) is 30.3 Å². The Morgan fingerprint density at radius 3 is 2.24 bits per heavy atom. The van der Waals surface area contributed by atoms with Crippen molar-refractivity contribution in [2.24, 2.45) is 0 Å². The van der Waals surface area contributed by atoms with Gasteiger partial charge in [0, 0.05) is 18.7 Å². The largest absolute Gasteiger partial charge is 0.279 e. The lowest BCUT2D eigenvalue weighted by molar-refractivity contribution is 0.0985. The molecule has 0 radical (unpaired) electrons. The van der Waals surface area contributed by atoms with E-state index in [-0.39, 0.29) is 10.8 Å². The highest BCUT2D eigenvalue weighted by atomic mass is 32.2. The van der Waals surface area contributed by atoms with E-state index in [1.54, 1.807) is 33.5 Å². The lowest BCUT2D eigenvalue weighted by Crippen LogP contribution is -2.32. The van der Waals surface area contributed by atoms with Gasteiger partial charge in [-0.15, -0.1) is 0 Å². The monoisotopic (exact) mass is 533 g/mol. The molecule has 1 aromatic heterocycles. The first-order valence-corrected chi connectivity index (χ1v) is 14.9. The van der Waals surface area contributed by atoms with Crippen molar-refractivity contribution in [1.82, 2.24) is 9.29 Å². The fourth-order valence-electron chi connectivity index (χ4n) is 4.63. The highest BCUT2D eigenvalue weighted by Gasteiger charge is 2.27. The summed E-state index contributed by atoms with van der Waals surface area (Å²) < 4.78 is 29.0. The molecule has 192 valence electrons. The number of rotatable bonds is 6. The Bertz CT molecular complexity index is 1470. The zero-order chi connectivity index (χ0) is 26.0. The molecule has 0 unspecified atom stereocenters. The van der Waals surface area contributed by atoms with Crippen LogP contribution in [0.15, 0.2) is 71.6 Å². The molecule has 0 spiro atoms. The van der Waals surface area contributed by atoms with Crippen molar-refractivity contribution in [3.8, 4) is 0 Å². The number of sulfonamides is 1. The van der Waals surface area contributed by atoms with Crippen LogP contribution in [-0.4, -0.2) is 36.7 Å². The van der Waals surface area contributed by atoms with E-state index in [9.17, 15) is 13.2 Å². The normalized spacial score (nSPS) is 15.0. The van der Waals surface area contributed by atoms with E-state index in [2.05, 4.69) is 26.0 Å². The van der Waals surface area contributed by atoms with Crippen LogP contribution in [0.3, 0.4) is 0 Å². The fraction of sp³-hybridized carbons (Fsp3) is 0.310. The van der Waals surface area contributed by atoms with Crippen LogP contribution in [0, 0.1) is 13.8 Å². The molecule has 6 nitrogen and oxygen atoms in total. The molecule has 1 fully saturated rings. The van der Waals surface area contributed by atoms with E-state index < -0.39 is 10.0 Å². The van der Waals surface area contributed by atoms with E-state index in [1.807, 2.05) is 30.3 Å². The Morgan fingerprint density at radius 1 is 0.919 bits per heavy atom. The number of amides is 1. The van der Waals surface area contributed by atoms with Crippen LogP contribution < -0.4 is 4.90 Å². The molecule has 5 rings (SSSR count). The van der Waals surface area contributed by atoms with E-state index in [0.717, 1.165) is 47.0 Å². The van der Waals surface area contributed by atoms with Crippen LogP contribution in [0.25, 0.3) is 10.2 Å². The summed E-state index contributed by atoms with van der Waals surface area (Å²) in [6, 6.07) is 20.3. The summed E-state index contributed by atoms with van der Waals surface area (Å²) in [6.07, 6.45) is 3.88. The summed E-state index contributed by atoms with van der Waals surface area (Å²) in [5.74, 6) is -0.213. The molecule has 3 aromatic carbocycles. The van der Waals surface area contributed by atoms with Crippen LogP contribution in [0.1, 0.15) is 52.7 Å². The summed E-state index contributed by atoms with van der Waals surface area (Å²) in [6.45, 7) is 5.59. The SMILES string of the molecule is Cc1cc2nc(N(Cc3ccccc3)C(=O)c3ccc(S(=O)(=O)N4CCCCCC4)cc3)sc2cc1C. The molecule has 1 amide bonds. The third kappa shape index (κ3) is 5.46. The van der Waals surface area contributed by atoms with Crippen LogP contribution in [0.2, 0.25) is 0 Å². The van der Waals surface area contributed by atoms with Gasteiger partial charge in [0.25, 0.3) is 5.91 Å². The van der Waals surface area contributed by atoms with Crippen molar-refractivity contribution in [2.45, 2.75) is 51.0 Å². The number of nitrogens with zero attached hydrogens (tertiary/aromatic N) is 3. The predicted octanol–water partition coefficient (Wildman–Crippen LogP) is 6.32. The molecule has 2 heterocycles. The topological polar surface area (TPSA) is 70.6 Å². The van der Waals surface area contributed by atoms with Crippen molar-refractivity contribution in [3.63, 3.8) is 0 Å². The minimum absolute atomic E-state index is 0.213. The molecule has 8 heteroatoms. The second kappa shape index (κ2) is 10.7. The maximum absolute atomic E-state index is 13.8. The number of hydrogen-bond donors (Lipinski definition) is 0. The van der Waals surface area contributed by atoms with Crippen molar-refractivity contribution < 1.29 is 13.2 Å². The smallest absolute Gasteiger partial charge is 0.260 e. The Kier molecular flexibility index (Phi) is 7.42. The Labute approximate surface area is 222 Å². The average Bonchev–Trinajstić information content (AvgIpc) is 3.10. The lowest BCUT2D eigenvalue weighted by atomic mass is 10.1. The number of benzene rings is 3. The molecule has 0 N–H and O–H groups in total. The summed E-state index contributed by atoms with van der Waals surface area (Å²) >= 11 is 1.49. The second-order valence-electron chi connectivity index (χ2n) is 9.62. The first kappa shape index (κ1) is 25.6. The number of thiazole rings is 1. The van der Waals surface area contributed by atoms with E-state index in [4.69, 9.17) is 4.98 Å². The molecule has 0 saturated carbocycles. The molecule has 1 saturated heterocycles. The zero-order valence-electron chi connectivity index (χ0n) is 21.2. The standard InChI is InChI=1S/C29H31N3O3S2/c1-21-18-26-27(19-22(21)2)36-29(30-26)32(20-23-10-6-5-7-11-23)28(33)24-12-14-25(15-13-24)37(34,35)31-16-8-3-4-9-17-31/h5-7,10-15,18-19H,3-4,8-9,16-17,20H2,1-2H3. The number of aryl methyl sites for hydroxylation is 2. The average molecular weight is 534 g/mol. The fourth-order valence-corrected chi connectivity index (χ4v) is 7.19. The molecular weight excluding hydrogens is 502 g/mol. The first-order valence-electron chi connectivity index (χ1n) is 12.7. The number of carbonyl (C=O) groups excluding carboxylic acids is 1. The van der Waals surface area contributed by atoms with Crippen molar-refractivity contribution in [1.29, 1.82) is 0 Å². The van der Waals surface area contributed by atoms with Gasteiger partial charge < -0.3 is 0 Å². The third-order valence-corrected chi connectivity index (χ3v) is 9.91. The zero-order valence-corrected chi connectivity index (χ0v) is 22.8. The molecule has 0 atom stereocenters. The van der Waals surface area contributed by atoms with E-state index in [1.165, 1.54) is 16.9 Å². The van der Waals surface area contributed by atoms with Crippen LogP contribution in [-0.2, 0) is 16.6 Å². The second-order valence-corrected chi connectivity index (χ2v) is 12.6. The van der Waals surface area contributed by atoms with Crippen molar-refractivity contribution in [2.75, 3.05) is 18.0 Å². The number of aromatic nitrogens is 1. The van der Waals surface area contributed by atoms with Crippen LogP contribution in [0.5, 0.6) is 0 Å². The minimum Gasteiger partial charge on any atom is -0.279 e. The predicted molar refractivity (Wildman–Crippen MR) is 150 cm³/mol. The molecular formula is C29H31N3O3S2. The Hall–Kier alpha value is -3.07. The minimum atomic E-state index is -3.58. The summed E-state index contributed by atoms with van der Waals surface area (Å²) in [4.78, 5) is 20.5. The quantitative estimate of drug-likeness (QED) is 0.291. The van der Waals surface area contributed by atoms with Gasteiger partial charge in [-0.3, -0.25) is 9.69 Å². The number of anilines is 1. The summed E-state index contributed by atoms with van der Waals surface area (Å²) in [5.41, 5.74) is 4.63. The highest BCUT2D eigenvalue weighted by Crippen LogP contribution is 2.33. The van der Waals surface area contributed by atoms with Gasteiger partial charge in [0.1, 0.15) is 0 Å². The van der Waals surface area contributed by atoms with E-state index >= 15 is 0 Å². The third-order valence-electron chi connectivity index (χ3n) is 6.96. The molecule has 0 bridgehead atoms. The Balaban J connectivity index is 1.47. The number of hydrogen-bond acceptors (Lipinski definition) is 5. The molecule has 1 aliphatic rings. The number of fused-ring (bicyclic) bond motifs is 1. The van der Waals surface area contributed by atoms with Gasteiger partial charge >= 0.3 is 0 Å². The van der Waals surface area contributed by atoms with Crippen molar-refractivity contribution in [3.05, 3.63) is 89.0 Å². The van der Waals surface area contributed by atoms with Gasteiger partial charge in [0.2, 0.25) is 10.0 Å². The van der Waals surface area contributed by atoms with Gasteiger partial charge in [0.15, 0.2) is 5.13 Å². The first-order chi connectivity index (χ1) is 17.8. The maximum Gasteiger partial charge on any atom is 0.260 e. The number of carbonyl (C=O) groups is 1. The molecule has 0 aliphatic carbocycles. The maximum atomic E-state index is 13.8. The van der Waals surface area contributed by atoms with Gasteiger partial charge in [-0.2, -0.15) is 4.31 Å². The van der Waals surface area contributed by atoms with Gasteiger partial charge in [0.05, 0.1) is 21.7 Å². The van der Waals surface area contributed by atoms with Crippen LogP contribution >= 0.6 is 11.3 Å². The molecule has 37 heavy (non-hydrogen) atoms. The van der Waals surface area contributed by atoms with Gasteiger partial charge in [-0.25, -0.2) is 13.4 Å². The lowest BCUT2D eigenvalue weighted by Gasteiger charge is -2.21. The van der Waals surface area contributed by atoms with Crippen molar-refractivity contribution >= 4 is 42.6 Å².